The summed E-state index contributed by atoms with van der Waals surface area (Å²) in [6.07, 6.45) is 2.89. The van der Waals surface area contributed by atoms with Crippen molar-refractivity contribution in [3.8, 4) is 11.5 Å². The number of nitrogens with one attached hydrogen (secondary N) is 2. The maximum absolute atomic E-state index is 13.0. The van der Waals surface area contributed by atoms with Crippen LogP contribution in [0.25, 0.3) is 17.0 Å². The number of hydrogen-bond donors (Lipinski definition) is 2. The zero-order chi connectivity index (χ0) is 32.7. The van der Waals surface area contributed by atoms with E-state index in [-0.39, 0.29) is 30.2 Å². The molecule has 2 N–H and O–H groups in total. The quantitative estimate of drug-likeness (QED) is 0.183. The van der Waals surface area contributed by atoms with Crippen molar-refractivity contribution in [3.05, 3.63) is 99.2 Å². The van der Waals surface area contributed by atoms with E-state index >= 15 is 0 Å². The fourth-order valence-corrected chi connectivity index (χ4v) is 5.05. The largest absolute Gasteiger partial charge is 0.490 e. The smallest absolute Gasteiger partial charge is 0.251 e. The molecular weight excluding hydrogens is 615 g/mol. The summed E-state index contributed by atoms with van der Waals surface area (Å²) in [5.41, 5.74) is 3.57. The molecule has 0 aliphatic carbocycles. The van der Waals surface area contributed by atoms with Gasteiger partial charge in [-0.05, 0) is 68.8 Å². The van der Waals surface area contributed by atoms with Crippen LogP contribution in [0.3, 0.4) is 0 Å². The van der Waals surface area contributed by atoms with E-state index in [1.165, 1.54) is 11.0 Å². The minimum atomic E-state index is -0.454. The molecule has 0 saturated heterocycles. The molecule has 4 aromatic rings. The summed E-state index contributed by atoms with van der Waals surface area (Å²) in [5, 5.41) is 6.57. The van der Waals surface area contributed by atoms with Gasteiger partial charge in [0.1, 0.15) is 23.6 Å². The van der Waals surface area contributed by atoms with Crippen LogP contribution in [0.15, 0.2) is 66.7 Å². The highest BCUT2D eigenvalue weighted by molar-refractivity contribution is 6.38. The molecule has 0 unspecified atom stereocenters. The molecule has 3 amide bonds. The number of benzene rings is 3. The van der Waals surface area contributed by atoms with Crippen LogP contribution in [0.1, 0.15) is 41.0 Å². The van der Waals surface area contributed by atoms with E-state index in [0.29, 0.717) is 33.1 Å². The van der Waals surface area contributed by atoms with Crippen molar-refractivity contribution >= 4 is 63.6 Å². The summed E-state index contributed by atoms with van der Waals surface area (Å²) in [6.45, 7) is 5.57. The number of pyridine rings is 1. The predicted molar refractivity (Wildman–Crippen MR) is 178 cm³/mol. The van der Waals surface area contributed by atoms with Gasteiger partial charge in [-0.25, -0.2) is 4.98 Å². The van der Waals surface area contributed by atoms with Crippen molar-refractivity contribution in [3.63, 3.8) is 0 Å². The number of fused-ring (bicyclic) bond motifs is 1. The normalized spacial score (nSPS) is 11.1. The zero-order valence-corrected chi connectivity index (χ0v) is 27.1. The molecule has 9 nitrogen and oxygen atoms in total. The highest BCUT2D eigenvalue weighted by Gasteiger charge is 2.20. The Kier molecular flexibility index (Phi) is 11.0. The number of likely N-dealkylation sites (N-methyl/N-ethyl adjacent to an activating group) is 1. The van der Waals surface area contributed by atoms with E-state index < -0.39 is 11.8 Å². The lowest BCUT2D eigenvalue weighted by Gasteiger charge is -2.21. The standard InChI is InChI=1S/C34H34Cl2N4O5/c1-20(2)45-29-17-21(3)39-33-24(29)7-6-8-28(33)44-19-25-26(35)14-15-27(32(25)36)40(5)31(42)18-38-30(41)16-11-22-9-12-23(13-10-22)34(43)37-4/h6-17,20H,18-19H2,1-5H3,(H,37,43)(H,38,41)/b16-11+. The number of para-hydroxylation sites is 1. The molecule has 0 bridgehead atoms. The molecule has 0 aliphatic rings. The van der Waals surface area contributed by atoms with Gasteiger partial charge in [-0.1, -0.05) is 41.4 Å². The molecule has 1 heterocycles. The average molecular weight is 650 g/mol. The highest BCUT2D eigenvalue weighted by atomic mass is 35.5. The Hall–Kier alpha value is -4.60. The molecule has 0 atom stereocenters. The van der Waals surface area contributed by atoms with Crippen LogP contribution >= 0.6 is 23.2 Å². The molecule has 11 heteroatoms. The Bertz CT molecular complexity index is 1760. The number of aromatic nitrogens is 1. The van der Waals surface area contributed by atoms with Gasteiger partial charge in [0.2, 0.25) is 11.8 Å². The first-order chi connectivity index (χ1) is 21.5. The summed E-state index contributed by atoms with van der Waals surface area (Å²) in [4.78, 5) is 43.0. The molecule has 1 aromatic heterocycles. The first-order valence-electron chi connectivity index (χ1n) is 14.2. The van der Waals surface area contributed by atoms with Gasteiger partial charge in [0.25, 0.3) is 5.91 Å². The van der Waals surface area contributed by atoms with Gasteiger partial charge in [0.05, 0.1) is 23.4 Å². The number of carbonyl (C=O) groups is 3. The number of amides is 3. The lowest BCUT2D eigenvalue weighted by atomic mass is 10.1. The maximum atomic E-state index is 13.0. The number of rotatable bonds is 11. The van der Waals surface area contributed by atoms with Crippen LogP contribution in [-0.2, 0) is 16.2 Å². The zero-order valence-electron chi connectivity index (χ0n) is 25.6. The Morgan fingerprint density at radius 2 is 1.76 bits per heavy atom. The SMILES string of the molecule is CNC(=O)c1ccc(/C=C/C(=O)NCC(=O)N(C)c2ccc(Cl)c(COc3cccc4c(OC(C)C)cc(C)nc34)c2Cl)cc1. The van der Waals surface area contributed by atoms with E-state index in [1.807, 2.05) is 45.0 Å². The fourth-order valence-electron chi connectivity index (χ4n) is 4.44. The second-order valence-electron chi connectivity index (χ2n) is 10.4. The van der Waals surface area contributed by atoms with E-state index in [2.05, 4.69) is 15.6 Å². The number of anilines is 1. The maximum Gasteiger partial charge on any atom is 0.251 e. The molecule has 0 aliphatic heterocycles. The topological polar surface area (TPSA) is 110 Å². The molecule has 0 fully saturated rings. The Morgan fingerprint density at radius 1 is 1.02 bits per heavy atom. The van der Waals surface area contributed by atoms with Gasteiger partial charge in [-0.3, -0.25) is 14.4 Å². The third kappa shape index (κ3) is 8.32. The predicted octanol–water partition coefficient (Wildman–Crippen LogP) is 6.37. The molecule has 0 saturated carbocycles. The van der Waals surface area contributed by atoms with Crippen molar-refractivity contribution in [2.45, 2.75) is 33.5 Å². The summed E-state index contributed by atoms with van der Waals surface area (Å²) in [6, 6.07) is 17.5. The van der Waals surface area contributed by atoms with Crippen molar-refractivity contribution in [1.82, 2.24) is 15.6 Å². The lowest BCUT2D eigenvalue weighted by Crippen LogP contribution is -2.37. The number of hydrogen-bond acceptors (Lipinski definition) is 6. The number of ether oxygens (including phenoxy) is 2. The molecule has 3 aromatic carbocycles. The highest BCUT2D eigenvalue weighted by Crippen LogP contribution is 2.36. The molecule has 45 heavy (non-hydrogen) atoms. The number of halogens is 2. The monoisotopic (exact) mass is 648 g/mol. The number of carbonyl (C=O) groups excluding carboxylic acids is 3. The first-order valence-corrected chi connectivity index (χ1v) is 14.9. The van der Waals surface area contributed by atoms with Crippen molar-refractivity contribution in [2.24, 2.45) is 0 Å². The second kappa shape index (κ2) is 14.9. The summed E-state index contributed by atoms with van der Waals surface area (Å²) in [7, 11) is 3.12. The van der Waals surface area contributed by atoms with Gasteiger partial charge in [0, 0.05) is 53.5 Å². The average Bonchev–Trinajstić information content (AvgIpc) is 3.02. The van der Waals surface area contributed by atoms with Gasteiger partial charge >= 0.3 is 0 Å². The molecule has 4 rings (SSSR count). The number of nitrogens with zero attached hydrogens (tertiary/aromatic N) is 2. The molecule has 0 spiro atoms. The third-order valence-electron chi connectivity index (χ3n) is 6.77. The van der Waals surface area contributed by atoms with E-state index in [1.54, 1.807) is 56.6 Å². The third-order valence-corrected chi connectivity index (χ3v) is 7.55. The van der Waals surface area contributed by atoms with Crippen LogP contribution in [0.2, 0.25) is 10.0 Å². The lowest BCUT2D eigenvalue weighted by molar-refractivity contribution is -0.122. The first kappa shape index (κ1) is 33.3. The summed E-state index contributed by atoms with van der Waals surface area (Å²) >= 11 is 13.3. The summed E-state index contributed by atoms with van der Waals surface area (Å²) < 4.78 is 12.2. The van der Waals surface area contributed by atoms with Crippen LogP contribution in [-0.4, -0.2) is 49.4 Å². The van der Waals surface area contributed by atoms with E-state index in [0.717, 1.165) is 22.4 Å². The van der Waals surface area contributed by atoms with Gasteiger partial charge in [-0.15, -0.1) is 0 Å². The minimum absolute atomic E-state index is 0.00944. The Labute approximate surface area is 272 Å². The molecule has 0 radical (unpaired) electrons. The summed E-state index contributed by atoms with van der Waals surface area (Å²) in [5.74, 6) is 0.202. The Morgan fingerprint density at radius 3 is 2.44 bits per heavy atom. The fraction of sp³-hybridized carbons (Fsp3) is 0.235. The van der Waals surface area contributed by atoms with Crippen molar-refractivity contribution in [2.75, 3.05) is 25.5 Å². The van der Waals surface area contributed by atoms with Crippen LogP contribution < -0.4 is 25.0 Å². The van der Waals surface area contributed by atoms with E-state index in [9.17, 15) is 14.4 Å². The molecule has 234 valence electrons. The van der Waals surface area contributed by atoms with E-state index in [4.69, 9.17) is 32.7 Å². The Balaban J connectivity index is 1.42. The van der Waals surface area contributed by atoms with Crippen LogP contribution in [0.5, 0.6) is 11.5 Å². The van der Waals surface area contributed by atoms with Crippen LogP contribution in [0, 0.1) is 6.92 Å². The van der Waals surface area contributed by atoms with Crippen molar-refractivity contribution < 1.29 is 23.9 Å². The number of aryl methyl sites for hydroxylation is 1. The van der Waals surface area contributed by atoms with Gasteiger partial charge in [0.15, 0.2) is 0 Å². The second-order valence-corrected chi connectivity index (χ2v) is 11.2. The molecular formula is C34H34Cl2N4O5. The van der Waals surface area contributed by atoms with Crippen LogP contribution in [0.4, 0.5) is 5.69 Å². The van der Waals surface area contributed by atoms with Gasteiger partial charge < -0.3 is 25.0 Å². The van der Waals surface area contributed by atoms with Crippen molar-refractivity contribution in [1.29, 1.82) is 0 Å². The minimum Gasteiger partial charge on any atom is -0.490 e. The van der Waals surface area contributed by atoms with Gasteiger partial charge in [-0.2, -0.15) is 0 Å².